The number of benzene rings is 2. The van der Waals surface area contributed by atoms with E-state index in [1.807, 2.05) is 48.5 Å². The summed E-state index contributed by atoms with van der Waals surface area (Å²) < 4.78 is 4.26. The number of aryl methyl sites for hydroxylation is 1. The molecule has 37 heavy (non-hydrogen) atoms. The molecule has 2 aromatic carbocycles. The van der Waals surface area contributed by atoms with Gasteiger partial charge in [-0.05, 0) is 42.7 Å². The van der Waals surface area contributed by atoms with Crippen LogP contribution in [0.4, 0.5) is 0 Å². The van der Waals surface area contributed by atoms with Crippen LogP contribution in [0.5, 0.6) is 0 Å². The summed E-state index contributed by atoms with van der Waals surface area (Å²) in [5.74, 6) is 1.37. The number of allylic oxidation sites excluding steroid dienone is 3. The first-order valence-corrected chi connectivity index (χ1v) is 12.7. The first-order chi connectivity index (χ1) is 18.1. The van der Waals surface area contributed by atoms with Crippen molar-refractivity contribution in [3.8, 4) is 17.8 Å². The molecule has 0 N–H and O–H groups in total. The number of fused-ring (bicyclic) bond motifs is 2. The number of rotatable bonds is 3. The molecule has 6 heteroatoms. The third kappa shape index (κ3) is 3.61. The van der Waals surface area contributed by atoms with Gasteiger partial charge in [-0.1, -0.05) is 61.7 Å². The Bertz CT molecular complexity index is 1680. The highest BCUT2D eigenvalue weighted by Crippen LogP contribution is 2.41. The number of nitriles is 2. The number of hydrogen-bond donors (Lipinski definition) is 0. The average molecular weight is 484 g/mol. The molecule has 2 aliphatic carbocycles. The number of carbonyl (C=O) groups is 1. The molecule has 0 radical (unpaired) electrons. The van der Waals surface area contributed by atoms with Crippen molar-refractivity contribution in [2.24, 2.45) is 7.05 Å². The summed E-state index contributed by atoms with van der Waals surface area (Å²) in [4.78, 5) is 18.7. The number of para-hydroxylation sites is 1. The normalized spacial score (nSPS) is 16.7. The van der Waals surface area contributed by atoms with Gasteiger partial charge >= 0.3 is 0 Å². The van der Waals surface area contributed by atoms with Gasteiger partial charge in [0.25, 0.3) is 0 Å². The van der Waals surface area contributed by atoms with Crippen LogP contribution >= 0.6 is 0 Å². The molecule has 0 spiro atoms. The second-order valence-electron chi connectivity index (χ2n) is 9.72. The number of Topliss-reactive ketones (excluding diaryl/α,β-unsaturated/α-hetero) is 1. The second-order valence-corrected chi connectivity index (χ2v) is 9.72. The highest BCUT2D eigenvalue weighted by Gasteiger charge is 2.33. The van der Waals surface area contributed by atoms with Gasteiger partial charge in [0.1, 0.15) is 23.5 Å². The number of ketones is 1. The van der Waals surface area contributed by atoms with Crippen LogP contribution in [0.1, 0.15) is 65.5 Å². The molecule has 0 bridgehead atoms. The maximum absolute atomic E-state index is 13.5. The van der Waals surface area contributed by atoms with E-state index in [0.717, 1.165) is 41.2 Å². The largest absolute Gasteiger partial charge is 0.329 e. The second kappa shape index (κ2) is 9.08. The van der Waals surface area contributed by atoms with Crippen molar-refractivity contribution in [3.63, 3.8) is 0 Å². The Morgan fingerprint density at radius 1 is 0.973 bits per heavy atom. The van der Waals surface area contributed by atoms with E-state index in [1.165, 1.54) is 19.3 Å². The van der Waals surface area contributed by atoms with Gasteiger partial charge in [0.2, 0.25) is 0 Å². The SMILES string of the molecule is Cn1c(C2CCCCC2)nc2c1cc(/C=C1\C(=O)c3ccccc3C1=C(C#N)C#N)n2-c1ccccc1. The Morgan fingerprint density at radius 3 is 2.35 bits per heavy atom. The summed E-state index contributed by atoms with van der Waals surface area (Å²) in [6, 6.07) is 23.2. The molecule has 0 atom stereocenters. The van der Waals surface area contributed by atoms with Crippen LogP contribution in [-0.4, -0.2) is 19.9 Å². The van der Waals surface area contributed by atoms with Gasteiger partial charge in [0.05, 0.1) is 11.2 Å². The van der Waals surface area contributed by atoms with Gasteiger partial charge in [-0.3, -0.25) is 9.36 Å². The number of nitrogens with zero attached hydrogens (tertiary/aromatic N) is 5. The highest BCUT2D eigenvalue weighted by molar-refractivity contribution is 6.29. The monoisotopic (exact) mass is 483 g/mol. The van der Waals surface area contributed by atoms with Crippen LogP contribution in [0.3, 0.4) is 0 Å². The van der Waals surface area contributed by atoms with Gasteiger partial charge in [0.15, 0.2) is 11.4 Å². The summed E-state index contributed by atoms with van der Waals surface area (Å²) >= 11 is 0. The molecular formula is C31H25N5O. The highest BCUT2D eigenvalue weighted by atomic mass is 16.1. The standard InChI is InChI=1S/C31H25N5O/c1-35-27-17-23(16-26-28(21(18-32)19-33)24-14-8-9-15-25(24)29(26)37)36(22-12-6-3-7-13-22)31(27)34-30(35)20-10-4-2-5-11-20/h3,6-9,12-17,20H,2,4-5,10-11H2,1H3/b26-16-. The molecule has 2 heterocycles. The Morgan fingerprint density at radius 2 is 1.65 bits per heavy atom. The fourth-order valence-electron chi connectivity index (χ4n) is 5.84. The van der Waals surface area contributed by atoms with E-state index in [1.54, 1.807) is 24.3 Å². The first-order valence-electron chi connectivity index (χ1n) is 12.7. The van der Waals surface area contributed by atoms with Gasteiger partial charge < -0.3 is 4.57 Å². The van der Waals surface area contributed by atoms with E-state index in [9.17, 15) is 15.3 Å². The molecule has 1 fully saturated rings. The minimum Gasteiger partial charge on any atom is -0.329 e. The van der Waals surface area contributed by atoms with Gasteiger partial charge in [-0.25, -0.2) is 4.98 Å². The van der Waals surface area contributed by atoms with Crippen LogP contribution < -0.4 is 0 Å². The lowest BCUT2D eigenvalue weighted by Gasteiger charge is -2.21. The predicted molar refractivity (Wildman–Crippen MR) is 143 cm³/mol. The van der Waals surface area contributed by atoms with Gasteiger partial charge in [-0.2, -0.15) is 10.5 Å². The average Bonchev–Trinajstić information content (AvgIpc) is 3.55. The number of imidazole rings is 1. The van der Waals surface area contributed by atoms with Crippen LogP contribution in [0, 0.1) is 22.7 Å². The molecule has 2 aromatic heterocycles. The minimum atomic E-state index is -0.186. The Hall–Kier alpha value is -4.68. The van der Waals surface area contributed by atoms with E-state index in [0.29, 0.717) is 28.2 Å². The van der Waals surface area contributed by atoms with Crippen LogP contribution in [-0.2, 0) is 7.05 Å². The summed E-state index contributed by atoms with van der Waals surface area (Å²) in [6.07, 6.45) is 7.87. The van der Waals surface area contributed by atoms with Crippen molar-refractivity contribution in [1.82, 2.24) is 14.1 Å². The van der Waals surface area contributed by atoms with E-state index >= 15 is 0 Å². The van der Waals surface area contributed by atoms with Crippen molar-refractivity contribution in [1.29, 1.82) is 10.5 Å². The van der Waals surface area contributed by atoms with Crippen LogP contribution in [0.25, 0.3) is 28.5 Å². The zero-order valence-corrected chi connectivity index (χ0v) is 20.6. The number of hydrogen-bond acceptors (Lipinski definition) is 4. The smallest absolute Gasteiger partial charge is 0.194 e. The molecule has 2 aliphatic rings. The van der Waals surface area contributed by atoms with E-state index in [-0.39, 0.29) is 11.4 Å². The molecule has 1 saturated carbocycles. The Labute approximate surface area is 215 Å². The lowest BCUT2D eigenvalue weighted by Crippen LogP contribution is -2.10. The van der Waals surface area contributed by atoms with E-state index in [2.05, 4.69) is 22.2 Å². The topological polar surface area (TPSA) is 87.4 Å². The Balaban J connectivity index is 1.60. The number of carbonyl (C=O) groups excluding carboxylic acids is 1. The fourth-order valence-corrected chi connectivity index (χ4v) is 5.84. The molecule has 6 nitrogen and oxygen atoms in total. The maximum Gasteiger partial charge on any atom is 0.194 e. The first kappa shape index (κ1) is 22.8. The zero-order chi connectivity index (χ0) is 25.5. The van der Waals surface area contributed by atoms with Crippen molar-refractivity contribution in [2.45, 2.75) is 38.0 Å². The maximum atomic E-state index is 13.5. The lowest BCUT2D eigenvalue weighted by atomic mass is 9.89. The van der Waals surface area contributed by atoms with E-state index in [4.69, 9.17) is 4.98 Å². The minimum absolute atomic E-state index is 0.0652. The zero-order valence-electron chi connectivity index (χ0n) is 20.6. The third-order valence-corrected chi connectivity index (χ3v) is 7.61. The molecule has 0 saturated heterocycles. The molecule has 4 aromatic rings. The molecule has 0 aliphatic heterocycles. The number of aromatic nitrogens is 3. The van der Waals surface area contributed by atoms with Gasteiger partial charge in [0, 0.05) is 35.4 Å². The molecule has 0 unspecified atom stereocenters. The Kier molecular flexibility index (Phi) is 5.58. The molecule has 0 amide bonds. The van der Waals surface area contributed by atoms with Gasteiger partial charge in [-0.15, -0.1) is 0 Å². The summed E-state index contributed by atoms with van der Waals surface area (Å²) in [5, 5.41) is 19.4. The molecule has 180 valence electrons. The van der Waals surface area contributed by atoms with Crippen LogP contribution in [0.15, 0.2) is 71.8 Å². The molecular weight excluding hydrogens is 458 g/mol. The quantitative estimate of drug-likeness (QED) is 0.246. The predicted octanol–water partition coefficient (Wildman–Crippen LogP) is 6.49. The van der Waals surface area contributed by atoms with Crippen molar-refractivity contribution in [3.05, 3.63) is 94.5 Å². The van der Waals surface area contributed by atoms with Crippen molar-refractivity contribution < 1.29 is 4.79 Å². The molecule has 6 rings (SSSR count). The fraction of sp³-hybridized carbons (Fsp3) is 0.226. The summed E-state index contributed by atoms with van der Waals surface area (Å²) in [6.45, 7) is 0. The summed E-state index contributed by atoms with van der Waals surface area (Å²) in [5.41, 5.74) is 5.36. The van der Waals surface area contributed by atoms with Crippen LogP contribution in [0.2, 0.25) is 0 Å². The van der Waals surface area contributed by atoms with Crippen molar-refractivity contribution in [2.75, 3.05) is 0 Å². The lowest BCUT2D eigenvalue weighted by molar-refractivity contribution is 0.104. The van der Waals surface area contributed by atoms with E-state index < -0.39 is 0 Å². The third-order valence-electron chi connectivity index (χ3n) is 7.61. The summed E-state index contributed by atoms with van der Waals surface area (Å²) in [7, 11) is 2.07. The van der Waals surface area contributed by atoms with Crippen molar-refractivity contribution >= 4 is 28.6 Å².